The van der Waals surface area contributed by atoms with E-state index in [0.717, 1.165) is 6.54 Å². The summed E-state index contributed by atoms with van der Waals surface area (Å²) < 4.78 is 5.33. The van der Waals surface area contributed by atoms with Crippen molar-refractivity contribution in [2.75, 3.05) is 33.4 Å². The van der Waals surface area contributed by atoms with Crippen LogP contribution in [0.25, 0.3) is 0 Å². The van der Waals surface area contributed by atoms with Crippen molar-refractivity contribution in [1.29, 1.82) is 0 Å². The highest BCUT2D eigenvalue weighted by molar-refractivity contribution is 5.79. The molecule has 0 radical (unpaired) electrons. The highest BCUT2D eigenvalue weighted by Gasteiger charge is 2.35. The van der Waals surface area contributed by atoms with Gasteiger partial charge in [-0.2, -0.15) is 0 Å². The van der Waals surface area contributed by atoms with Crippen molar-refractivity contribution in [1.82, 2.24) is 10.2 Å². The molecule has 3 unspecified atom stereocenters. The zero-order valence-corrected chi connectivity index (χ0v) is 10.3. The second-order valence-electron chi connectivity index (χ2n) is 4.38. The molecule has 1 rings (SSSR count). The van der Waals surface area contributed by atoms with Gasteiger partial charge in [0.25, 0.3) is 0 Å². The van der Waals surface area contributed by atoms with Crippen LogP contribution in [0.1, 0.15) is 13.8 Å². The Bertz CT molecular complexity index is 233. The number of carbonyl (C=O) groups excluding carboxylic acids is 1. The predicted molar refractivity (Wildman–Crippen MR) is 61.1 cm³/mol. The molecule has 3 atom stereocenters. The number of aliphatic hydroxyl groups excluding tert-OH is 1. The smallest absolute Gasteiger partial charge is 0.229 e. The van der Waals surface area contributed by atoms with Gasteiger partial charge in [0.1, 0.15) is 0 Å². The summed E-state index contributed by atoms with van der Waals surface area (Å²) in [6, 6.07) is 0.106. The van der Waals surface area contributed by atoms with Gasteiger partial charge in [0.05, 0.1) is 25.2 Å². The van der Waals surface area contributed by atoms with Gasteiger partial charge in [-0.25, -0.2) is 0 Å². The molecule has 1 amide bonds. The van der Waals surface area contributed by atoms with E-state index in [1.165, 1.54) is 0 Å². The Labute approximate surface area is 96.8 Å². The van der Waals surface area contributed by atoms with Gasteiger partial charge in [0.15, 0.2) is 0 Å². The summed E-state index contributed by atoms with van der Waals surface area (Å²) in [7, 11) is 1.72. The van der Waals surface area contributed by atoms with Crippen molar-refractivity contribution >= 4 is 5.91 Å². The molecular formula is C11H22N2O3. The van der Waals surface area contributed by atoms with E-state index < -0.39 is 6.10 Å². The molecule has 1 aliphatic heterocycles. The minimum absolute atomic E-state index is 0.0457. The van der Waals surface area contributed by atoms with Crippen LogP contribution in [0, 0.1) is 5.92 Å². The number of hydrogen-bond acceptors (Lipinski definition) is 4. The van der Waals surface area contributed by atoms with E-state index in [1.54, 1.807) is 18.9 Å². The molecule has 1 fully saturated rings. The fraction of sp³-hybridized carbons (Fsp3) is 0.909. The average molecular weight is 230 g/mol. The Morgan fingerprint density at radius 3 is 2.88 bits per heavy atom. The van der Waals surface area contributed by atoms with Gasteiger partial charge in [-0.1, -0.05) is 6.92 Å². The number of nitrogens with one attached hydrogen (secondary N) is 1. The summed E-state index contributed by atoms with van der Waals surface area (Å²) in [5.41, 5.74) is 0. The minimum Gasteiger partial charge on any atom is -0.392 e. The zero-order valence-electron chi connectivity index (χ0n) is 10.3. The largest absolute Gasteiger partial charge is 0.392 e. The molecule has 0 aromatic heterocycles. The molecule has 1 heterocycles. The fourth-order valence-corrected chi connectivity index (χ4v) is 2.03. The first-order valence-corrected chi connectivity index (χ1v) is 5.80. The Hall–Kier alpha value is -0.650. The van der Waals surface area contributed by atoms with Crippen LogP contribution in [-0.2, 0) is 9.53 Å². The molecule has 1 saturated heterocycles. The van der Waals surface area contributed by atoms with Crippen LogP contribution in [0.4, 0.5) is 0 Å². The molecule has 0 aromatic rings. The third kappa shape index (κ3) is 3.43. The third-order valence-electron chi connectivity index (χ3n) is 2.78. The van der Waals surface area contributed by atoms with Crippen LogP contribution in [0.15, 0.2) is 0 Å². The Morgan fingerprint density at radius 2 is 2.31 bits per heavy atom. The maximum Gasteiger partial charge on any atom is 0.229 e. The lowest BCUT2D eigenvalue weighted by Crippen LogP contribution is -2.46. The van der Waals surface area contributed by atoms with E-state index in [1.807, 2.05) is 6.92 Å². The van der Waals surface area contributed by atoms with E-state index in [2.05, 4.69) is 5.32 Å². The maximum atomic E-state index is 12.1. The number of aliphatic hydroxyl groups is 1. The lowest BCUT2D eigenvalue weighted by atomic mass is 10.0. The van der Waals surface area contributed by atoms with Crippen molar-refractivity contribution in [2.45, 2.75) is 26.0 Å². The van der Waals surface area contributed by atoms with E-state index in [0.29, 0.717) is 19.8 Å². The second kappa shape index (κ2) is 6.18. The van der Waals surface area contributed by atoms with Gasteiger partial charge in [-0.3, -0.25) is 4.79 Å². The minimum atomic E-state index is -0.492. The number of amides is 1. The summed E-state index contributed by atoms with van der Waals surface area (Å²) in [6.45, 7) is 5.95. The zero-order chi connectivity index (χ0) is 12.1. The monoisotopic (exact) mass is 230 g/mol. The van der Waals surface area contributed by atoms with E-state index >= 15 is 0 Å². The molecule has 0 aliphatic carbocycles. The van der Waals surface area contributed by atoms with E-state index in [9.17, 15) is 9.90 Å². The van der Waals surface area contributed by atoms with Gasteiger partial charge < -0.3 is 20.1 Å². The Kier molecular flexibility index (Phi) is 5.18. The highest BCUT2D eigenvalue weighted by Crippen LogP contribution is 2.16. The summed E-state index contributed by atoms with van der Waals surface area (Å²) in [6.07, 6.45) is -0.492. The Balaban J connectivity index is 2.51. The summed E-state index contributed by atoms with van der Waals surface area (Å²) in [5.74, 6) is -0.0759. The molecule has 94 valence electrons. The SMILES string of the molecule is CCNC1COCC1C(=O)N(C)CC(C)O. The molecule has 2 N–H and O–H groups in total. The van der Waals surface area contributed by atoms with Gasteiger partial charge >= 0.3 is 0 Å². The lowest BCUT2D eigenvalue weighted by molar-refractivity contribution is -0.135. The standard InChI is InChI=1S/C11H22N2O3/c1-4-12-10-7-16-6-9(10)11(15)13(3)5-8(2)14/h8-10,12,14H,4-7H2,1-3H3. The van der Waals surface area contributed by atoms with Crippen molar-refractivity contribution in [3.05, 3.63) is 0 Å². The summed E-state index contributed by atoms with van der Waals surface area (Å²) in [4.78, 5) is 13.6. The number of likely N-dealkylation sites (N-methyl/N-ethyl adjacent to an activating group) is 2. The maximum absolute atomic E-state index is 12.1. The molecule has 5 heteroatoms. The highest BCUT2D eigenvalue weighted by atomic mass is 16.5. The average Bonchev–Trinajstić information content (AvgIpc) is 2.64. The van der Waals surface area contributed by atoms with Crippen LogP contribution in [0.2, 0.25) is 0 Å². The normalized spacial score (nSPS) is 26.8. The molecule has 16 heavy (non-hydrogen) atoms. The fourth-order valence-electron chi connectivity index (χ4n) is 2.03. The van der Waals surface area contributed by atoms with Gasteiger partial charge in [0, 0.05) is 19.6 Å². The topological polar surface area (TPSA) is 61.8 Å². The first-order valence-electron chi connectivity index (χ1n) is 5.80. The van der Waals surface area contributed by atoms with Crippen molar-refractivity contribution < 1.29 is 14.6 Å². The van der Waals surface area contributed by atoms with Crippen LogP contribution in [0.3, 0.4) is 0 Å². The molecule has 0 saturated carbocycles. The third-order valence-corrected chi connectivity index (χ3v) is 2.78. The number of nitrogens with zero attached hydrogens (tertiary/aromatic N) is 1. The second-order valence-corrected chi connectivity index (χ2v) is 4.38. The summed E-state index contributed by atoms with van der Waals surface area (Å²) >= 11 is 0. The van der Waals surface area contributed by atoms with Crippen molar-refractivity contribution in [3.63, 3.8) is 0 Å². The van der Waals surface area contributed by atoms with Gasteiger partial charge in [0.2, 0.25) is 5.91 Å². The van der Waals surface area contributed by atoms with E-state index in [4.69, 9.17) is 4.74 Å². The number of rotatable bonds is 5. The molecule has 5 nitrogen and oxygen atoms in total. The number of carbonyl (C=O) groups is 1. The lowest BCUT2D eigenvalue weighted by Gasteiger charge is -2.25. The molecule has 0 bridgehead atoms. The molecule has 0 aromatic carbocycles. The molecule has 0 spiro atoms. The van der Waals surface area contributed by atoms with Gasteiger partial charge in [-0.15, -0.1) is 0 Å². The Morgan fingerprint density at radius 1 is 1.62 bits per heavy atom. The van der Waals surface area contributed by atoms with Gasteiger partial charge in [-0.05, 0) is 13.5 Å². The molecular weight excluding hydrogens is 208 g/mol. The predicted octanol–water partition coefficient (Wildman–Crippen LogP) is -0.550. The van der Waals surface area contributed by atoms with Crippen LogP contribution >= 0.6 is 0 Å². The summed E-state index contributed by atoms with van der Waals surface area (Å²) in [5, 5.41) is 12.5. The van der Waals surface area contributed by atoms with Crippen LogP contribution < -0.4 is 5.32 Å². The number of ether oxygens (including phenoxy) is 1. The van der Waals surface area contributed by atoms with E-state index in [-0.39, 0.29) is 17.9 Å². The van der Waals surface area contributed by atoms with Crippen LogP contribution in [0.5, 0.6) is 0 Å². The van der Waals surface area contributed by atoms with Crippen molar-refractivity contribution in [3.8, 4) is 0 Å². The molecule has 1 aliphatic rings. The first-order chi connectivity index (χ1) is 7.56. The van der Waals surface area contributed by atoms with Crippen LogP contribution in [-0.4, -0.2) is 61.4 Å². The quantitative estimate of drug-likeness (QED) is 0.665. The number of hydrogen-bond donors (Lipinski definition) is 2. The van der Waals surface area contributed by atoms with Crippen molar-refractivity contribution in [2.24, 2.45) is 5.92 Å². The first kappa shape index (κ1) is 13.4.